The van der Waals surface area contributed by atoms with Crippen molar-refractivity contribution in [2.24, 2.45) is 0 Å². The Morgan fingerprint density at radius 3 is 2.45 bits per heavy atom. The summed E-state index contributed by atoms with van der Waals surface area (Å²) in [6.45, 7) is 3.91. The van der Waals surface area contributed by atoms with E-state index in [1.807, 2.05) is 26.0 Å². The zero-order valence-corrected chi connectivity index (χ0v) is 12.7. The molecule has 22 heavy (non-hydrogen) atoms. The van der Waals surface area contributed by atoms with Crippen LogP contribution >= 0.6 is 0 Å². The summed E-state index contributed by atoms with van der Waals surface area (Å²) >= 11 is 0. The van der Waals surface area contributed by atoms with E-state index >= 15 is 0 Å². The third-order valence-electron chi connectivity index (χ3n) is 3.76. The predicted molar refractivity (Wildman–Crippen MR) is 85.4 cm³/mol. The second-order valence-corrected chi connectivity index (χ2v) is 5.39. The van der Waals surface area contributed by atoms with E-state index < -0.39 is 0 Å². The molecule has 0 aliphatic carbocycles. The van der Waals surface area contributed by atoms with Crippen LogP contribution in [-0.4, -0.2) is 13.0 Å². The van der Waals surface area contributed by atoms with Crippen LogP contribution in [0.15, 0.2) is 30.3 Å². The van der Waals surface area contributed by atoms with E-state index in [-0.39, 0.29) is 11.7 Å². The van der Waals surface area contributed by atoms with Crippen LogP contribution in [0.1, 0.15) is 22.3 Å². The van der Waals surface area contributed by atoms with Gasteiger partial charge >= 0.3 is 0 Å². The van der Waals surface area contributed by atoms with E-state index in [1.165, 1.54) is 12.1 Å². The Kier molecular flexibility index (Phi) is 3.45. The Morgan fingerprint density at radius 2 is 1.82 bits per heavy atom. The van der Waals surface area contributed by atoms with E-state index in [0.717, 1.165) is 22.4 Å². The SMILES string of the molecule is COc1c(C)cc(C=C2C(=O)Nc3ccc(F)cc32)cc1C. The van der Waals surface area contributed by atoms with Gasteiger partial charge in [-0.25, -0.2) is 4.39 Å². The van der Waals surface area contributed by atoms with Gasteiger partial charge in [0.2, 0.25) is 0 Å². The number of aryl methyl sites for hydroxylation is 2. The minimum atomic E-state index is -0.358. The van der Waals surface area contributed by atoms with Gasteiger partial charge in [-0.05, 0) is 66.9 Å². The lowest BCUT2D eigenvalue weighted by atomic mass is 10.0. The molecule has 2 aromatic rings. The van der Waals surface area contributed by atoms with Crippen LogP contribution in [0.2, 0.25) is 0 Å². The number of methoxy groups -OCH3 is 1. The molecule has 0 saturated heterocycles. The topological polar surface area (TPSA) is 38.3 Å². The van der Waals surface area contributed by atoms with E-state index in [9.17, 15) is 9.18 Å². The molecular weight excluding hydrogens is 281 g/mol. The molecule has 0 unspecified atom stereocenters. The van der Waals surface area contributed by atoms with E-state index in [0.29, 0.717) is 16.8 Å². The number of ether oxygens (including phenoxy) is 1. The van der Waals surface area contributed by atoms with E-state index in [1.54, 1.807) is 19.3 Å². The first-order valence-corrected chi connectivity index (χ1v) is 6.98. The molecule has 1 aliphatic rings. The minimum Gasteiger partial charge on any atom is -0.496 e. The molecule has 0 aromatic heterocycles. The zero-order valence-electron chi connectivity index (χ0n) is 12.7. The number of anilines is 1. The molecule has 3 nitrogen and oxygen atoms in total. The summed E-state index contributed by atoms with van der Waals surface area (Å²) in [5.41, 5.74) is 4.58. The van der Waals surface area contributed by atoms with Crippen molar-refractivity contribution >= 4 is 23.2 Å². The molecule has 1 aliphatic heterocycles. The second-order valence-electron chi connectivity index (χ2n) is 5.39. The van der Waals surface area contributed by atoms with Gasteiger partial charge in [-0.1, -0.05) is 0 Å². The Hall–Kier alpha value is -2.62. The maximum atomic E-state index is 13.4. The van der Waals surface area contributed by atoms with Gasteiger partial charge in [0.1, 0.15) is 11.6 Å². The minimum absolute atomic E-state index is 0.216. The van der Waals surface area contributed by atoms with Gasteiger partial charge in [0.05, 0.1) is 7.11 Å². The van der Waals surface area contributed by atoms with Crippen molar-refractivity contribution in [1.82, 2.24) is 0 Å². The van der Waals surface area contributed by atoms with Crippen molar-refractivity contribution in [3.63, 3.8) is 0 Å². The highest BCUT2D eigenvalue weighted by Gasteiger charge is 2.24. The number of hydrogen-bond donors (Lipinski definition) is 1. The third kappa shape index (κ3) is 2.37. The number of fused-ring (bicyclic) bond motifs is 1. The number of benzene rings is 2. The fourth-order valence-corrected chi connectivity index (χ4v) is 2.86. The average molecular weight is 297 g/mol. The number of rotatable bonds is 2. The lowest BCUT2D eigenvalue weighted by Crippen LogP contribution is -2.03. The number of amides is 1. The predicted octanol–water partition coefficient (Wildman–Crippen LogP) is 3.94. The maximum absolute atomic E-state index is 13.4. The van der Waals surface area contributed by atoms with Crippen LogP contribution in [0, 0.1) is 19.7 Å². The largest absolute Gasteiger partial charge is 0.496 e. The third-order valence-corrected chi connectivity index (χ3v) is 3.76. The van der Waals surface area contributed by atoms with Crippen molar-refractivity contribution in [2.75, 3.05) is 12.4 Å². The Balaban J connectivity index is 2.10. The summed E-state index contributed by atoms with van der Waals surface area (Å²) in [5, 5.41) is 2.75. The molecule has 0 spiro atoms. The number of nitrogens with one attached hydrogen (secondary N) is 1. The quantitative estimate of drug-likeness (QED) is 0.853. The van der Waals surface area contributed by atoms with Crippen LogP contribution in [-0.2, 0) is 4.79 Å². The van der Waals surface area contributed by atoms with Gasteiger partial charge in [0.25, 0.3) is 5.91 Å². The van der Waals surface area contributed by atoms with Gasteiger partial charge in [-0.3, -0.25) is 4.79 Å². The molecule has 2 aromatic carbocycles. The number of hydrogen-bond acceptors (Lipinski definition) is 2. The summed E-state index contributed by atoms with van der Waals surface area (Å²) in [7, 11) is 1.64. The highest BCUT2D eigenvalue weighted by atomic mass is 19.1. The van der Waals surface area contributed by atoms with Crippen molar-refractivity contribution in [3.8, 4) is 5.75 Å². The lowest BCUT2D eigenvalue weighted by molar-refractivity contribution is -0.110. The molecule has 3 rings (SSSR count). The average Bonchev–Trinajstić information content (AvgIpc) is 2.75. The number of carbonyl (C=O) groups excluding carboxylic acids is 1. The van der Waals surface area contributed by atoms with Crippen molar-refractivity contribution in [2.45, 2.75) is 13.8 Å². The monoisotopic (exact) mass is 297 g/mol. The summed E-state index contributed by atoms with van der Waals surface area (Å²) in [5.74, 6) is 0.263. The maximum Gasteiger partial charge on any atom is 0.256 e. The number of halogens is 1. The zero-order chi connectivity index (χ0) is 15.9. The standard InChI is InChI=1S/C18H16FNO2/c1-10-6-12(7-11(2)17(10)22-3)8-15-14-9-13(19)4-5-16(14)20-18(15)21/h4-9H,1-3H3,(H,20,21). The first-order chi connectivity index (χ1) is 10.5. The Bertz CT molecular complexity index is 786. The fraction of sp³-hybridized carbons (Fsp3) is 0.167. The highest BCUT2D eigenvalue weighted by Crippen LogP contribution is 2.34. The van der Waals surface area contributed by atoms with Crippen molar-refractivity contribution < 1.29 is 13.9 Å². The van der Waals surface area contributed by atoms with Gasteiger partial charge in [0.15, 0.2) is 0 Å². The van der Waals surface area contributed by atoms with Crippen molar-refractivity contribution in [1.29, 1.82) is 0 Å². The van der Waals surface area contributed by atoms with E-state index in [4.69, 9.17) is 4.74 Å². The molecule has 1 heterocycles. The molecule has 0 bridgehead atoms. The Labute approximate surface area is 128 Å². The highest BCUT2D eigenvalue weighted by molar-refractivity contribution is 6.34. The molecule has 0 atom stereocenters. The van der Waals surface area contributed by atoms with Crippen molar-refractivity contribution in [3.05, 3.63) is 58.4 Å². The molecule has 0 radical (unpaired) electrons. The van der Waals surface area contributed by atoms with Crippen LogP contribution in [0.3, 0.4) is 0 Å². The van der Waals surface area contributed by atoms with Gasteiger partial charge < -0.3 is 10.1 Å². The summed E-state index contributed by atoms with van der Waals surface area (Å²) in [4.78, 5) is 12.1. The molecule has 112 valence electrons. The molecule has 1 N–H and O–H groups in total. The summed E-state index contributed by atoms with van der Waals surface area (Å²) in [6, 6.07) is 8.19. The van der Waals surface area contributed by atoms with Crippen LogP contribution in [0.4, 0.5) is 10.1 Å². The van der Waals surface area contributed by atoms with Gasteiger partial charge in [0, 0.05) is 16.8 Å². The van der Waals surface area contributed by atoms with Crippen LogP contribution in [0.25, 0.3) is 11.6 Å². The second kappa shape index (κ2) is 5.30. The first-order valence-electron chi connectivity index (χ1n) is 6.98. The first kappa shape index (κ1) is 14.3. The van der Waals surface area contributed by atoms with Crippen LogP contribution < -0.4 is 10.1 Å². The summed E-state index contributed by atoms with van der Waals surface area (Å²) in [6.07, 6.45) is 1.78. The van der Waals surface area contributed by atoms with Gasteiger partial charge in [-0.15, -0.1) is 0 Å². The summed E-state index contributed by atoms with van der Waals surface area (Å²) < 4.78 is 18.8. The van der Waals surface area contributed by atoms with Crippen LogP contribution in [0.5, 0.6) is 5.75 Å². The molecule has 0 fully saturated rings. The lowest BCUT2D eigenvalue weighted by Gasteiger charge is -2.10. The molecule has 0 saturated carbocycles. The van der Waals surface area contributed by atoms with Gasteiger partial charge in [-0.2, -0.15) is 0 Å². The smallest absolute Gasteiger partial charge is 0.256 e. The molecular formula is C18H16FNO2. The normalized spacial score (nSPS) is 14.9. The van der Waals surface area contributed by atoms with E-state index in [2.05, 4.69) is 5.32 Å². The molecule has 1 amide bonds. The fourth-order valence-electron chi connectivity index (χ4n) is 2.86. The molecule has 4 heteroatoms. The number of carbonyl (C=O) groups is 1. The Morgan fingerprint density at radius 1 is 1.14 bits per heavy atom.